The molecular weight excluding hydrogens is 459 g/mol. The van der Waals surface area contributed by atoms with Gasteiger partial charge in [-0.25, -0.2) is 27.7 Å². The number of nitrogens with zero attached hydrogens (tertiary/aromatic N) is 1. The first-order chi connectivity index (χ1) is 12.7. The average molecular weight is 471 g/mol. The Morgan fingerprint density at radius 2 is 1.93 bits per heavy atom. The molecule has 0 saturated carbocycles. The van der Waals surface area contributed by atoms with Gasteiger partial charge in [0.1, 0.15) is 17.4 Å². The molecule has 0 aliphatic carbocycles. The Bertz CT molecular complexity index is 1100. The lowest BCUT2D eigenvalue weighted by Gasteiger charge is -2.07. The van der Waals surface area contributed by atoms with Crippen molar-refractivity contribution in [1.29, 1.82) is 0 Å². The van der Waals surface area contributed by atoms with Crippen LogP contribution < -0.4 is 5.14 Å². The molecular formula is C17H12BrFN2O4S2. The zero-order valence-corrected chi connectivity index (χ0v) is 16.8. The molecule has 0 bridgehead atoms. The molecule has 0 amide bonds. The predicted molar refractivity (Wildman–Crippen MR) is 102 cm³/mol. The number of rotatable bonds is 5. The van der Waals surface area contributed by atoms with Crippen LogP contribution in [-0.2, 0) is 21.4 Å². The number of halogens is 2. The second-order valence-corrected chi connectivity index (χ2v) is 8.69. The quantitative estimate of drug-likeness (QED) is 0.572. The van der Waals surface area contributed by atoms with E-state index in [2.05, 4.69) is 20.9 Å². The number of nitrogens with two attached hydrogens (primary N) is 1. The number of carbonyl (C=O) groups excluding carboxylic acids is 1. The van der Waals surface area contributed by atoms with Crippen molar-refractivity contribution in [2.24, 2.45) is 5.14 Å². The van der Waals surface area contributed by atoms with E-state index < -0.39 is 16.0 Å². The number of hydrogen-bond acceptors (Lipinski definition) is 6. The van der Waals surface area contributed by atoms with Gasteiger partial charge in [-0.2, -0.15) is 0 Å². The first-order valence-corrected chi connectivity index (χ1v) is 10.7. The maximum Gasteiger partial charge on any atom is 0.339 e. The molecule has 0 radical (unpaired) electrons. The van der Waals surface area contributed by atoms with Crippen LogP contribution in [0.3, 0.4) is 0 Å². The molecule has 1 heterocycles. The van der Waals surface area contributed by atoms with E-state index in [0.717, 1.165) is 11.6 Å². The lowest BCUT2D eigenvalue weighted by Crippen LogP contribution is -2.14. The average Bonchev–Trinajstić information content (AvgIpc) is 3.08. The molecule has 2 aromatic carbocycles. The van der Waals surface area contributed by atoms with Crippen LogP contribution in [0.2, 0.25) is 0 Å². The Hall–Kier alpha value is -2.14. The van der Waals surface area contributed by atoms with Crippen molar-refractivity contribution in [3.05, 3.63) is 69.4 Å². The molecule has 3 aromatic rings. The van der Waals surface area contributed by atoms with E-state index in [1.807, 2.05) is 0 Å². The highest BCUT2D eigenvalue weighted by Crippen LogP contribution is 2.25. The fourth-order valence-electron chi connectivity index (χ4n) is 2.15. The van der Waals surface area contributed by atoms with Crippen LogP contribution in [0.1, 0.15) is 16.1 Å². The molecule has 1 aromatic heterocycles. The van der Waals surface area contributed by atoms with E-state index in [1.165, 1.54) is 35.6 Å². The summed E-state index contributed by atoms with van der Waals surface area (Å²) >= 11 is 4.52. The normalized spacial score (nSPS) is 11.4. The van der Waals surface area contributed by atoms with Gasteiger partial charge in [-0.05, 0) is 58.4 Å². The van der Waals surface area contributed by atoms with Crippen molar-refractivity contribution in [2.75, 3.05) is 0 Å². The molecule has 0 aliphatic heterocycles. The van der Waals surface area contributed by atoms with Gasteiger partial charge in [0.2, 0.25) is 10.0 Å². The van der Waals surface area contributed by atoms with E-state index in [4.69, 9.17) is 9.88 Å². The maximum atomic E-state index is 13.0. The number of thiazole rings is 1. The van der Waals surface area contributed by atoms with E-state index in [1.54, 1.807) is 17.5 Å². The third kappa shape index (κ3) is 4.78. The van der Waals surface area contributed by atoms with E-state index in [0.29, 0.717) is 15.2 Å². The smallest absolute Gasteiger partial charge is 0.339 e. The number of sulfonamides is 1. The summed E-state index contributed by atoms with van der Waals surface area (Å²) in [6, 6.07) is 9.74. The van der Waals surface area contributed by atoms with Crippen LogP contribution in [0, 0.1) is 5.82 Å². The minimum Gasteiger partial charge on any atom is -0.456 e. The highest BCUT2D eigenvalue weighted by Gasteiger charge is 2.17. The van der Waals surface area contributed by atoms with Crippen LogP contribution in [0.15, 0.2) is 57.2 Å². The lowest BCUT2D eigenvalue weighted by atomic mass is 10.2. The zero-order valence-electron chi connectivity index (χ0n) is 13.6. The van der Waals surface area contributed by atoms with Gasteiger partial charge < -0.3 is 4.74 Å². The second kappa shape index (κ2) is 7.85. The molecule has 0 spiro atoms. The summed E-state index contributed by atoms with van der Waals surface area (Å²) in [5.41, 5.74) is 1.31. The summed E-state index contributed by atoms with van der Waals surface area (Å²) in [5.74, 6) is -1.06. The lowest BCUT2D eigenvalue weighted by molar-refractivity contribution is 0.0467. The minimum atomic E-state index is -3.94. The van der Waals surface area contributed by atoms with Gasteiger partial charge >= 0.3 is 5.97 Å². The Kier molecular flexibility index (Phi) is 5.70. The summed E-state index contributed by atoms with van der Waals surface area (Å²) in [5, 5.41) is 7.47. The van der Waals surface area contributed by atoms with Gasteiger partial charge in [0.15, 0.2) is 0 Å². The number of hydrogen-bond donors (Lipinski definition) is 1. The van der Waals surface area contributed by atoms with Crippen molar-refractivity contribution in [1.82, 2.24) is 4.98 Å². The van der Waals surface area contributed by atoms with Gasteiger partial charge in [0.25, 0.3) is 0 Å². The Labute approximate surface area is 167 Å². The summed E-state index contributed by atoms with van der Waals surface area (Å²) in [4.78, 5) is 16.4. The second-order valence-electron chi connectivity index (χ2n) is 5.41. The van der Waals surface area contributed by atoms with Gasteiger partial charge in [-0.3, -0.25) is 0 Å². The monoisotopic (exact) mass is 470 g/mol. The summed E-state index contributed by atoms with van der Waals surface area (Å²) in [7, 11) is -3.94. The topological polar surface area (TPSA) is 99.4 Å². The Morgan fingerprint density at radius 3 is 2.59 bits per heavy atom. The Morgan fingerprint density at radius 1 is 1.22 bits per heavy atom. The molecule has 0 unspecified atom stereocenters. The molecule has 0 aliphatic rings. The van der Waals surface area contributed by atoms with Crippen LogP contribution in [-0.4, -0.2) is 19.4 Å². The van der Waals surface area contributed by atoms with E-state index in [9.17, 15) is 17.6 Å². The van der Waals surface area contributed by atoms with Gasteiger partial charge in [-0.15, -0.1) is 11.3 Å². The zero-order chi connectivity index (χ0) is 19.6. The molecule has 10 heteroatoms. The number of benzene rings is 2. The van der Waals surface area contributed by atoms with Crippen LogP contribution >= 0.6 is 27.3 Å². The number of carbonyl (C=O) groups is 1. The first kappa shape index (κ1) is 19.6. The Balaban J connectivity index is 1.72. The van der Waals surface area contributed by atoms with Crippen molar-refractivity contribution in [3.63, 3.8) is 0 Å². The standard InChI is InChI=1S/C17H12BrFN2O4S2/c18-15-6-5-13(27(20,23)24)7-14(15)17(22)25-8-12-9-26-16(21-12)10-1-3-11(19)4-2-10/h1-7,9H,8H2,(H2,20,23,24). The van der Waals surface area contributed by atoms with Crippen LogP contribution in [0.25, 0.3) is 10.6 Å². The van der Waals surface area contributed by atoms with Crippen molar-refractivity contribution < 1.29 is 22.3 Å². The van der Waals surface area contributed by atoms with Crippen molar-refractivity contribution >= 4 is 43.3 Å². The largest absolute Gasteiger partial charge is 0.456 e. The fourth-order valence-corrected chi connectivity index (χ4v) is 3.91. The summed E-state index contributed by atoms with van der Waals surface area (Å²) in [6.07, 6.45) is 0. The molecule has 3 rings (SSSR count). The molecule has 6 nitrogen and oxygen atoms in total. The van der Waals surface area contributed by atoms with Crippen LogP contribution in [0.4, 0.5) is 4.39 Å². The van der Waals surface area contributed by atoms with Gasteiger partial charge in [-0.1, -0.05) is 0 Å². The van der Waals surface area contributed by atoms with E-state index in [-0.39, 0.29) is 22.9 Å². The number of aromatic nitrogens is 1. The van der Waals surface area contributed by atoms with Crippen molar-refractivity contribution in [2.45, 2.75) is 11.5 Å². The third-order valence-electron chi connectivity index (χ3n) is 3.48. The summed E-state index contributed by atoms with van der Waals surface area (Å²) in [6.45, 7) is -0.0947. The maximum absolute atomic E-state index is 13.0. The molecule has 140 valence electrons. The summed E-state index contributed by atoms with van der Waals surface area (Å²) < 4.78 is 41.4. The van der Waals surface area contributed by atoms with E-state index >= 15 is 0 Å². The highest BCUT2D eigenvalue weighted by atomic mass is 79.9. The minimum absolute atomic E-state index is 0.0375. The SMILES string of the molecule is NS(=O)(=O)c1ccc(Br)c(C(=O)OCc2csc(-c3ccc(F)cc3)n2)c1. The number of primary sulfonamides is 1. The van der Waals surface area contributed by atoms with Gasteiger partial charge in [0, 0.05) is 15.4 Å². The molecule has 0 saturated heterocycles. The molecule has 0 fully saturated rings. The fraction of sp³-hybridized carbons (Fsp3) is 0.0588. The number of ether oxygens (including phenoxy) is 1. The highest BCUT2D eigenvalue weighted by molar-refractivity contribution is 9.10. The van der Waals surface area contributed by atoms with Gasteiger partial charge in [0.05, 0.1) is 16.2 Å². The molecule has 27 heavy (non-hydrogen) atoms. The predicted octanol–water partition coefficient (Wildman–Crippen LogP) is 3.72. The number of esters is 1. The molecule has 0 atom stereocenters. The molecule has 2 N–H and O–H groups in total. The third-order valence-corrected chi connectivity index (χ3v) is 6.02. The van der Waals surface area contributed by atoms with Crippen molar-refractivity contribution in [3.8, 4) is 10.6 Å². The van der Waals surface area contributed by atoms with Crippen LogP contribution in [0.5, 0.6) is 0 Å². The first-order valence-electron chi connectivity index (χ1n) is 7.44.